The Morgan fingerprint density at radius 3 is 2.33 bits per heavy atom. The van der Waals surface area contributed by atoms with E-state index in [4.69, 9.17) is 9.47 Å². The number of rotatable bonds is 10. The van der Waals surface area contributed by atoms with Crippen molar-refractivity contribution in [1.29, 1.82) is 0 Å². The molecule has 2 amide bonds. The molecule has 0 aliphatic carbocycles. The van der Waals surface area contributed by atoms with Gasteiger partial charge in [-0.05, 0) is 61.0 Å². The summed E-state index contributed by atoms with van der Waals surface area (Å²) in [6.45, 7) is 3.56. The summed E-state index contributed by atoms with van der Waals surface area (Å²) in [6, 6.07) is 21.7. The number of carbonyl (C=O) groups is 2. The largest absolute Gasteiger partial charge is 0.484 e. The first kappa shape index (κ1) is 27.8. The predicted octanol–water partition coefficient (Wildman–Crippen LogP) is 2.58. The lowest BCUT2D eigenvalue weighted by Gasteiger charge is -2.26. The first-order valence-electron chi connectivity index (χ1n) is 12.4. The Hall–Kier alpha value is -4.22. The Bertz CT molecular complexity index is 1390. The molecule has 0 spiro atoms. The Balaban J connectivity index is 1.35. The highest BCUT2D eigenvalue weighted by Crippen LogP contribution is 2.23. The first-order chi connectivity index (χ1) is 18.8. The Labute approximate surface area is 227 Å². The fraction of sp³-hybridized carbons (Fsp3) is 0.250. The Morgan fingerprint density at radius 1 is 1.00 bits per heavy atom. The Morgan fingerprint density at radius 2 is 1.67 bits per heavy atom. The summed E-state index contributed by atoms with van der Waals surface area (Å²) in [5, 5.41) is 3.96. The maximum absolute atomic E-state index is 13.3. The molecule has 39 heavy (non-hydrogen) atoms. The van der Waals surface area contributed by atoms with Gasteiger partial charge >= 0.3 is 0 Å². The third-order valence-electron chi connectivity index (χ3n) is 5.95. The van der Waals surface area contributed by atoms with Gasteiger partial charge in [-0.2, -0.15) is 5.10 Å². The summed E-state index contributed by atoms with van der Waals surface area (Å²) in [5.74, 6) is -0.175. The lowest BCUT2D eigenvalue weighted by molar-refractivity contribution is -0.137. The van der Waals surface area contributed by atoms with Crippen LogP contribution < -0.4 is 14.5 Å². The smallest absolute Gasteiger partial charge is 0.264 e. The van der Waals surface area contributed by atoms with Crippen LogP contribution in [0, 0.1) is 6.92 Å². The summed E-state index contributed by atoms with van der Waals surface area (Å²) in [5.41, 5.74) is 4.40. The van der Waals surface area contributed by atoms with E-state index in [1.165, 1.54) is 18.3 Å². The highest BCUT2D eigenvalue weighted by molar-refractivity contribution is 7.92. The molecular weight excluding hydrogens is 520 g/mol. The summed E-state index contributed by atoms with van der Waals surface area (Å²) in [4.78, 5) is 26.7. The number of carbonyl (C=O) groups excluding carboxylic acids is 2. The van der Waals surface area contributed by atoms with E-state index in [2.05, 4.69) is 10.5 Å². The van der Waals surface area contributed by atoms with Crippen LogP contribution in [0.2, 0.25) is 0 Å². The molecule has 10 nitrogen and oxygen atoms in total. The van der Waals surface area contributed by atoms with Gasteiger partial charge in [-0.3, -0.25) is 13.9 Å². The van der Waals surface area contributed by atoms with Crippen LogP contribution in [-0.2, 0) is 24.3 Å². The summed E-state index contributed by atoms with van der Waals surface area (Å²) in [7, 11) is -3.99. The molecule has 3 aromatic carbocycles. The zero-order chi connectivity index (χ0) is 27.7. The molecule has 11 heteroatoms. The van der Waals surface area contributed by atoms with Gasteiger partial charge in [0.1, 0.15) is 12.3 Å². The number of ether oxygens (including phenoxy) is 2. The van der Waals surface area contributed by atoms with Crippen LogP contribution in [-0.4, -0.2) is 70.8 Å². The standard InChI is InChI=1S/C28H30N4O6S/c1-22-7-11-24(12-8-22)32(39(35,36)26-5-3-2-4-6-26)20-27(33)30-29-19-23-9-13-25(14-10-23)38-21-28(34)31-15-17-37-18-16-31/h2-14,19H,15-18,20-21H2,1H3,(H,30,33)/b29-19-. The molecule has 204 valence electrons. The topological polar surface area (TPSA) is 118 Å². The van der Waals surface area contributed by atoms with E-state index in [1.807, 2.05) is 6.92 Å². The number of anilines is 1. The number of aryl methyl sites for hydroxylation is 1. The summed E-state index contributed by atoms with van der Waals surface area (Å²) in [6.07, 6.45) is 1.43. The fourth-order valence-electron chi connectivity index (χ4n) is 3.79. The molecule has 1 aliphatic rings. The van der Waals surface area contributed by atoms with E-state index in [9.17, 15) is 18.0 Å². The van der Waals surface area contributed by atoms with Gasteiger partial charge in [0, 0.05) is 13.1 Å². The average molecular weight is 551 g/mol. The number of nitrogens with zero attached hydrogens (tertiary/aromatic N) is 3. The molecule has 0 unspecified atom stereocenters. The fourth-order valence-corrected chi connectivity index (χ4v) is 5.23. The lowest BCUT2D eigenvalue weighted by atomic mass is 10.2. The van der Waals surface area contributed by atoms with Crippen LogP contribution >= 0.6 is 0 Å². The van der Waals surface area contributed by atoms with E-state index < -0.39 is 22.5 Å². The molecule has 0 bridgehead atoms. The van der Waals surface area contributed by atoms with Gasteiger partial charge in [-0.15, -0.1) is 0 Å². The van der Waals surface area contributed by atoms with Crippen LogP contribution in [0.3, 0.4) is 0 Å². The van der Waals surface area contributed by atoms with Gasteiger partial charge in [0.25, 0.3) is 21.8 Å². The van der Waals surface area contributed by atoms with Crippen LogP contribution in [0.25, 0.3) is 0 Å². The SMILES string of the molecule is Cc1ccc(N(CC(=O)N/N=C\c2ccc(OCC(=O)N3CCOCC3)cc2)S(=O)(=O)c2ccccc2)cc1. The van der Waals surface area contributed by atoms with Crippen molar-refractivity contribution in [3.8, 4) is 5.75 Å². The highest BCUT2D eigenvalue weighted by Gasteiger charge is 2.27. The van der Waals surface area contributed by atoms with Gasteiger partial charge in [0.2, 0.25) is 0 Å². The van der Waals surface area contributed by atoms with E-state index in [-0.39, 0.29) is 17.4 Å². The number of benzene rings is 3. The molecule has 0 radical (unpaired) electrons. The normalized spacial score (nSPS) is 13.7. The molecule has 1 N–H and O–H groups in total. The quantitative estimate of drug-likeness (QED) is 0.306. The lowest BCUT2D eigenvalue weighted by Crippen LogP contribution is -2.42. The van der Waals surface area contributed by atoms with Gasteiger partial charge in [0.05, 0.1) is 30.0 Å². The van der Waals surface area contributed by atoms with Crippen molar-refractivity contribution in [3.05, 3.63) is 90.0 Å². The number of morpholine rings is 1. The zero-order valence-electron chi connectivity index (χ0n) is 21.5. The van der Waals surface area contributed by atoms with Crippen molar-refractivity contribution in [2.45, 2.75) is 11.8 Å². The van der Waals surface area contributed by atoms with Crippen molar-refractivity contribution in [2.75, 3.05) is 43.8 Å². The molecule has 0 saturated carbocycles. The summed E-state index contributed by atoms with van der Waals surface area (Å²) >= 11 is 0. The monoisotopic (exact) mass is 550 g/mol. The molecule has 3 aromatic rings. The number of amides is 2. The van der Waals surface area contributed by atoms with Gasteiger partial charge < -0.3 is 14.4 Å². The highest BCUT2D eigenvalue weighted by atomic mass is 32.2. The van der Waals surface area contributed by atoms with E-state index in [0.717, 1.165) is 9.87 Å². The van der Waals surface area contributed by atoms with Gasteiger partial charge in [-0.25, -0.2) is 13.8 Å². The molecular formula is C28H30N4O6S. The van der Waals surface area contributed by atoms with Gasteiger partial charge in [0.15, 0.2) is 6.61 Å². The second kappa shape index (κ2) is 13.0. The van der Waals surface area contributed by atoms with E-state index >= 15 is 0 Å². The van der Waals surface area contributed by atoms with E-state index in [0.29, 0.717) is 43.3 Å². The molecule has 1 saturated heterocycles. The van der Waals surface area contributed by atoms with Crippen molar-refractivity contribution in [2.24, 2.45) is 5.10 Å². The van der Waals surface area contributed by atoms with Crippen LogP contribution in [0.5, 0.6) is 5.75 Å². The molecule has 0 atom stereocenters. The molecule has 1 fully saturated rings. The second-order valence-corrected chi connectivity index (χ2v) is 10.7. The van der Waals surface area contributed by atoms with Crippen LogP contribution in [0.4, 0.5) is 5.69 Å². The molecule has 1 aliphatic heterocycles. The Kier molecular flexibility index (Phi) is 9.29. The maximum atomic E-state index is 13.3. The number of hydrogen-bond donors (Lipinski definition) is 1. The number of sulfonamides is 1. The predicted molar refractivity (Wildman–Crippen MR) is 147 cm³/mol. The molecule has 1 heterocycles. The van der Waals surface area contributed by atoms with Crippen molar-refractivity contribution in [3.63, 3.8) is 0 Å². The number of nitrogens with one attached hydrogen (secondary N) is 1. The third-order valence-corrected chi connectivity index (χ3v) is 7.74. The maximum Gasteiger partial charge on any atom is 0.264 e. The molecule has 0 aromatic heterocycles. The van der Waals surface area contributed by atoms with Crippen molar-refractivity contribution >= 4 is 33.7 Å². The number of hydrazone groups is 1. The molecule has 4 rings (SSSR count). The second-order valence-electron chi connectivity index (χ2n) is 8.80. The average Bonchev–Trinajstić information content (AvgIpc) is 2.97. The van der Waals surface area contributed by atoms with Crippen LogP contribution in [0.15, 0.2) is 88.9 Å². The minimum Gasteiger partial charge on any atom is -0.484 e. The van der Waals surface area contributed by atoms with E-state index in [1.54, 1.807) is 71.6 Å². The first-order valence-corrected chi connectivity index (χ1v) is 13.8. The minimum absolute atomic E-state index is 0.0626. The van der Waals surface area contributed by atoms with Gasteiger partial charge in [-0.1, -0.05) is 35.9 Å². The third kappa shape index (κ3) is 7.65. The summed E-state index contributed by atoms with van der Waals surface area (Å²) < 4.78 is 38.5. The van der Waals surface area contributed by atoms with Crippen molar-refractivity contribution in [1.82, 2.24) is 10.3 Å². The number of hydrogen-bond acceptors (Lipinski definition) is 7. The minimum atomic E-state index is -3.99. The van der Waals surface area contributed by atoms with Crippen molar-refractivity contribution < 1.29 is 27.5 Å². The van der Waals surface area contributed by atoms with Crippen LogP contribution in [0.1, 0.15) is 11.1 Å². The zero-order valence-corrected chi connectivity index (χ0v) is 22.3.